The predicted molar refractivity (Wildman–Crippen MR) is 115 cm³/mol. The molecule has 2 saturated heterocycles. The van der Waals surface area contributed by atoms with Crippen molar-refractivity contribution in [1.82, 2.24) is 4.90 Å². The van der Waals surface area contributed by atoms with Crippen LogP contribution in [0.15, 0.2) is 23.1 Å². The van der Waals surface area contributed by atoms with E-state index in [0.717, 1.165) is 12.0 Å². The summed E-state index contributed by atoms with van der Waals surface area (Å²) in [6.45, 7) is 5.04. The number of hydrogen-bond acceptors (Lipinski definition) is 7. The molecule has 6 nitrogen and oxygen atoms in total. The van der Waals surface area contributed by atoms with Gasteiger partial charge in [0.05, 0.1) is 35.7 Å². The van der Waals surface area contributed by atoms with Gasteiger partial charge in [-0.3, -0.25) is 9.69 Å². The Balaban J connectivity index is 1.82. The number of thiocarbonyl (C=S) groups is 1. The minimum absolute atomic E-state index is 0.0231. The van der Waals surface area contributed by atoms with Crippen LogP contribution in [-0.4, -0.2) is 54.3 Å². The maximum Gasteiger partial charge on any atom is 0.266 e. The van der Waals surface area contributed by atoms with Gasteiger partial charge in [-0.25, -0.2) is 8.42 Å². The van der Waals surface area contributed by atoms with Gasteiger partial charge in [-0.05, 0) is 43.5 Å². The van der Waals surface area contributed by atoms with Gasteiger partial charge in [0, 0.05) is 0 Å². The molecule has 0 N–H and O–H groups in total. The van der Waals surface area contributed by atoms with Gasteiger partial charge >= 0.3 is 0 Å². The van der Waals surface area contributed by atoms with Crippen LogP contribution in [0, 0.1) is 0 Å². The van der Waals surface area contributed by atoms with Crippen LogP contribution in [0.1, 0.15) is 32.3 Å². The van der Waals surface area contributed by atoms with Crippen LogP contribution < -0.4 is 9.47 Å². The summed E-state index contributed by atoms with van der Waals surface area (Å²) in [4.78, 5) is 14.8. The number of nitrogens with zero attached hydrogens (tertiary/aromatic N) is 1. The SMILES string of the molecule is CCCOc1ccc(C=C2SC(=S)N(C3CCS(=O)(=O)C3)C2=O)cc1OCC. The zero-order valence-electron chi connectivity index (χ0n) is 15.8. The zero-order chi connectivity index (χ0) is 20.3. The summed E-state index contributed by atoms with van der Waals surface area (Å²) >= 11 is 6.55. The summed E-state index contributed by atoms with van der Waals surface area (Å²) in [5.41, 5.74) is 0.798. The molecule has 28 heavy (non-hydrogen) atoms. The van der Waals surface area contributed by atoms with Crippen LogP contribution in [0.2, 0.25) is 0 Å². The molecule has 9 heteroatoms. The zero-order valence-corrected chi connectivity index (χ0v) is 18.3. The van der Waals surface area contributed by atoms with Crippen molar-refractivity contribution in [3.05, 3.63) is 28.7 Å². The molecule has 3 rings (SSSR count). The number of carbonyl (C=O) groups excluding carboxylic acids is 1. The maximum atomic E-state index is 12.8. The van der Waals surface area contributed by atoms with Crippen molar-refractivity contribution in [2.75, 3.05) is 24.7 Å². The van der Waals surface area contributed by atoms with E-state index in [1.54, 1.807) is 6.08 Å². The van der Waals surface area contributed by atoms with Gasteiger partial charge in [0.25, 0.3) is 5.91 Å². The fourth-order valence-electron chi connectivity index (χ4n) is 3.14. The molecule has 0 radical (unpaired) electrons. The lowest BCUT2D eigenvalue weighted by Crippen LogP contribution is -2.39. The normalized spacial score (nSPS) is 22.9. The van der Waals surface area contributed by atoms with E-state index in [1.165, 1.54) is 16.7 Å². The largest absolute Gasteiger partial charge is 0.490 e. The van der Waals surface area contributed by atoms with Crippen LogP contribution in [-0.2, 0) is 14.6 Å². The van der Waals surface area contributed by atoms with Crippen molar-refractivity contribution in [2.24, 2.45) is 0 Å². The Kier molecular flexibility index (Phi) is 6.67. The molecule has 2 aliphatic heterocycles. The quantitative estimate of drug-likeness (QED) is 0.475. The van der Waals surface area contributed by atoms with Crippen LogP contribution >= 0.6 is 24.0 Å². The average molecular weight is 442 g/mol. The maximum absolute atomic E-state index is 12.8. The third kappa shape index (κ3) is 4.69. The van der Waals surface area contributed by atoms with Crippen LogP contribution in [0.3, 0.4) is 0 Å². The Morgan fingerprint density at radius 1 is 1.29 bits per heavy atom. The van der Waals surface area contributed by atoms with Crippen LogP contribution in [0.4, 0.5) is 0 Å². The lowest BCUT2D eigenvalue weighted by atomic mass is 10.1. The first kappa shape index (κ1) is 21.1. The molecule has 2 heterocycles. The third-order valence-electron chi connectivity index (χ3n) is 4.42. The number of ether oxygens (including phenoxy) is 2. The lowest BCUT2D eigenvalue weighted by molar-refractivity contribution is -0.123. The second kappa shape index (κ2) is 8.84. The van der Waals surface area contributed by atoms with Crippen molar-refractivity contribution in [2.45, 2.75) is 32.7 Å². The van der Waals surface area contributed by atoms with Gasteiger partial charge in [0.1, 0.15) is 4.32 Å². The number of hydrogen-bond donors (Lipinski definition) is 0. The smallest absolute Gasteiger partial charge is 0.266 e. The van der Waals surface area contributed by atoms with Gasteiger partial charge < -0.3 is 9.47 Å². The fraction of sp³-hybridized carbons (Fsp3) is 0.474. The molecule has 0 aliphatic carbocycles. The lowest BCUT2D eigenvalue weighted by Gasteiger charge is -2.20. The summed E-state index contributed by atoms with van der Waals surface area (Å²) in [6, 6.07) is 5.16. The summed E-state index contributed by atoms with van der Waals surface area (Å²) < 4.78 is 35.3. The number of rotatable bonds is 7. The highest BCUT2D eigenvalue weighted by atomic mass is 32.2. The van der Waals surface area contributed by atoms with Crippen molar-refractivity contribution in [1.29, 1.82) is 0 Å². The van der Waals surface area contributed by atoms with E-state index < -0.39 is 9.84 Å². The Bertz CT molecular complexity index is 910. The molecule has 0 aromatic heterocycles. The van der Waals surface area contributed by atoms with E-state index in [0.29, 0.717) is 40.4 Å². The predicted octanol–water partition coefficient (Wildman–Crippen LogP) is 3.26. The third-order valence-corrected chi connectivity index (χ3v) is 7.50. The van der Waals surface area contributed by atoms with E-state index in [1.807, 2.05) is 32.0 Å². The van der Waals surface area contributed by atoms with E-state index in [4.69, 9.17) is 21.7 Å². The molecule has 1 aromatic rings. The molecule has 152 valence electrons. The highest BCUT2D eigenvalue weighted by molar-refractivity contribution is 8.26. The van der Waals surface area contributed by atoms with E-state index in [2.05, 4.69) is 0 Å². The van der Waals surface area contributed by atoms with E-state index in [9.17, 15) is 13.2 Å². The fourth-order valence-corrected chi connectivity index (χ4v) is 6.24. The van der Waals surface area contributed by atoms with Gasteiger partial charge in [-0.15, -0.1) is 0 Å². The number of thioether (sulfide) groups is 1. The highest BCUT2D eigenvalue weighted by Crippen LogP contribution is 2.37. The summed E-state index contributed by atoms with van der Waals surface area (Å²) in [5, 5.41) is 0. The van der Waals surface area contributed by atoms with Crippen molar-refractivity contribution in [3.63, 3.8) is 0 Å². The molecule has 1 aromatic carbocycles. The average Bonchev–Trinajstić information content (AvgIpc) is 3.13. The topological polar surface area (TPSA) is 72.9 Å². The Morgan fingerprint density at radius 3 is 2.71 bits per heavy atom. The minimum Gasteiger partial charge on any atom is -0.490 e. The summed E-state index contributed by atoms with van der Waals surface area (Å²) in [5.74, 6) is 1.14. The molecule has 2 fully saturated rings. The molecular formula is C19H23NO5S3. The first-order valence-electron chi connectivity index (χ1n) is 9.21. The van der Waals surface area contributed by atoms with Crippen molar-refractivity contribution < 1.29 is 22.7 Å². The molecular weight excluding hydrogens is 418 g/mol. The second-order valence-electron chi connectivity index (χ2n) is 6.60. The van der Waals surface area contributed by atoms with Gasteiger partial charge in [0.2, 0.25) is 0 Å². The number of sulfone groups is 1. The van der Waals surface area contributed by atoms with Gasteiger partial charge in [-0.1, -0.05) is 37.0 Å². The van der Waals surface area contributed by atoms with Crippen molar-refractivity contribution >= 4 is 50.1 Å². The molecule has 1 unspecified atom stereocenters. The summed E-state index contributed by atoms with van der Waals surface area (Å²) in [7, 11) is -3.09. The Morgan fingerprint density at radius 2 is 2.07 bits per heavy atom. The van der Waals surface area contributed by atoms with E-state index >= 15 is 0 Å². The summed E-state index contributed by atoms with van der Waals surface area (Å²) in [6.07, 6.45) is 3.08. The molecule has 1 atom stereocenters. The number of amides is 1. The number of benzene rings is 1. The Hall–Kier alpha value is -1.58. The molecule has 0 spiro atoms. The van der Waals surface area contributed by atoms with Crippen LogP contribution in [0.5, 0.6) is 11.5 Å². The van der Waals surface area contributed by atoms with Gasteiger partial charge in [-0.2, -0.15) is 0 Å². The molecule has 0 saturated carbocycles. The number of carbonyl (C=O) groups is 1. The molecule has 1 amide bonds. The highest BCUT2D eigenvalue weighted by Gasteiger charge is 2.42. The Labute approximate surface area is 175 Å². The standard InChI is InChI=1S/C19H23NO5S3/c1-3-8-25-15-6-5-13(10-16(15)24-4-2)11-17-18(21)20(19(26)27-17)14-7-9-28(22,23)12-14/h5-6,10-11,14H,3-4,7-9,12H2,1-2H3. The molecule has 0 bridgehead atoms. The second-order valence-corrected chi connectivity index (χ2v) is 10.5. The minimum atomic E-state index is -3.09. The van der Waals surface area contributed by atoms with Gasteiger partial charge in [0.15, 0.2) is 21.3 Å². The van der Waals surface area contributed by atoms with E-state index in [-0.39, 0.29) is 23.5 Å². The molecule has 2 aliphatic rings. The van der Waals surface area contributed by atoms with Crippen LogP contribution in [0.25, 0.3) is 6.08 Å². The monoisotopic (exact) mass is 441 g/mol. The van der Waals surface area contributed by atoms with Crippen molar-refractivity contribution in [3.8, 4) is 11.5 Å². The first-order chi connectivity index (χ1) is 13.3. The first-order valence-corrected chi connectivity index (χ1v) is 12.3.